The fourth-order valence-corrected chi connectivity index (χ4v) is 2.05. The van der Waals surface area contributed by atoms with E-state index < -0.39 is 10.9 Å². The number of nitro benzene ring substituents is 1. The van der Waals surface area contributed by atoms with Gasteiger partial charge in [0.05, 0.1) is 10.5 Å². The van der Waals surface area contributed by atoms with Gasteiger partial charge in [0.25, 0.3) is 5.69 Å². The molecule has 1 rings (SSSR count). The molecule has 0 saturated heterocycles. The van der Waals surface area contributed by atoms with Crippen molar-refractivity contribution >= 4 is 11.7 Å². The molecule has 0 aliphatic carbocycles. The van der Waals surface area contributed by atoms with Gasteiger partial charge >= 0.3 is 5.97 Å². The molecule has 0 bridgehead atoms. The van der Waals surface area contributed by atoms with Crippen molar-refractivity contribution in [3.05, 3.63) is 39.9 Å². The second-order valence-corrected chi connectivity index (χ2v) is 5.29. The highest BCUT2D eigenvalue weighted by Gasteiger charge is 2.10. The number of hydrogen-bond donors (Lipinski definition) is 1. The van der Waals surface area contributed by atoms with Gasteiger partial charge in [0.1, 0.15) is 6.61 Å². The first-order chi connectivity index (χ1) is 10.5. The van der Waals surface area contributed by atoms with Crippen LogP contribution >= 0.6 is 0 Å². The largest absolute Gasteiger partial charge is 0.461 e. The predicted octanol–water partition coefficient (Wildman–Crippen LogP) is 3.31. The number of non-ortho nitro benzene ring substituents is 1. The van der Waals surface area contributed by atoms with E-state index >= 15 is 0 Å². The summed E-state index contributed by atoms with van der Waals surface area (Å²) in [5.74, 6) is -0.463. The van der Waals surface area contributed by atoms with Crippen LogP contribution < -0.4 is 5.32 Å². The Hall–Kier alpha value is -1.95. The lowest BCUT2D eigenvalue weighted by Crippen LogP contribution is -2.30. The molecule has 1 atom stereocenters. The van der Waals surface area contributed by atoms with E-state index in [-0.39, 0.29) is 12.3 Å². The summed E-state index contributed by atoms with van der Waals surface area (Å²) in [6, 6.07) is 5.81. The van der Waals surface area contributed by atoms with Crippen LogP contribution in [0.5, 0.6) is 0 Å². The number of carbonyl (C=O) groups excluding carboxylic acids is 1. The molecule has 0 aliphatic heterocycles. The molecule has 1 aromatic carbocycles. The molecule has 6 heteroatoms. The molecule has 6 nitrogen and oxygen atoms in total. The van der Waals surface area contributed by atoms with Gasteiger partial charge < -0.3 is 10.1 Å². The monoisotopic (exact) mass is 308 g/mol. The van der Waals surface area contributed by atoms with Crippen LogP contribution in [0.15, 0.2) is 24.3 Å². The van der Waals surface area contributed by atoms with Gasteiger partial charge in [0.2, 0.25) is 0 Å². The zero-order valence-corrected chi connectivity index (χ0v) is 13.2. The lowest BCUT2D eigenvalue weighted by atomic mass is 10.1. The first-order valence-corrected chi connectivity index (χ1v) is 7.69. The summed E-state index contributed by atoms with van der Waals surface area (Å²) in [5.41, 5.74) is 0.278. The number of hydrogen-bond acceptors (Lipinski definition) is 5. The summed E-state index contributed by atoms with van der Waals surface area (Å²) in [7, 11) is 0. The van der Waals surface area contributed by atoms with E-state index in [4.69, 9.17) is 4.74 Å². The first kappa shape index (κ1) is 18.1. The highest BCUT2D eigenvalue weighted by Crippen LogP contribution is 2.12. The third-order valence-electron chi connectivity index (χ3n) is 3.38. The number of nitro groups is 1. The van der Waals surface area contributed by atoms with Crippen molar-refractivity contribution in [2.45, 2.75) is 45.6 Å². The fraction of sp³-hybridized carbons (Fsp3) is 0.562. The molecule has 122 valence electrons. The van der Waals surface area contributed by atoms with Crippen LogP contribution in [-0.4, -0.2) is 30.1 Å². The van der Waals surface area contributed by atoms with Crippen molar-refractivity contribution in [2.75, 3.05) is 13.2 Å². The quantitative estimate of drug-likeness (QED) is 0.310. The van der Waals surface area contributed by atoms with Gasteiger partial charge in [-0.1, -0.05) is 26.2 Å². The van der Waals surface area contributed by atoms with E-state index in [1.807, 2.05) is 0 Å². The predicted molar refractivity (Wildman–Crippen MR) is 85.0 cm³/mol. The fourth-order valence-electron chi connectivity index (χ4n) is 2.05. The summed E-state index contributed by atoms with van der Waals surface area (Å²) < 4.78 is 5.13. The summed E-state index contributed by atoms with van der Waals surface area (Å²) >= 11 is 0. The Morgan fingerprint density at radius 1 is 1.32 bits per heavy atom. The van der Waals surface area contributed by atoms with Crippen molar-refractivity contribution < 1.29 is 14.5 Å². The van der Waals surface area contributed by atoms with Crippen LogP contribution in [0.4, 0.5) is 5.69 Å². The third kappa shape index (κ3) is 6.67. The summed E-state index contributed by atoms with van der Waals surface area (Å²) in [6.07, 6.45) is 4.76. The van der Waals surface area contributed by atoms with Gasteiger partial charge in [-0.05, 0) is 25.5 Å². The van der Waals surface area contributed by atoms with E-state index in [9.17, 15) is 14.9 Å². The number of nitrogens with zero attached hydrogens (tertiary/aromatic N) is 1. The number of ether oxygens (including phenoxy) is 1. The minimum Gasteiger partial charge on any atom is -0.461 e. The van der Waals surface area contributed by atoms with Crippen molar-refractivity contribution in [3.63, 3.8) is 0 Å². The van der Waals surface area contributed by atoms with Gasteiger partial charge in [0, 0.05) is 24.7 Å². The van der Waals surface area contributed by atoms with E-state index in [0.29, 0.717) is 18.2 Å². The molecule has 0 aromatic heterocycles. The maximum absolute atomic E-state index is 11.8. The Balaban J connectivity index is 2.24. The maximum atomic E-state index is 11.8. The Morgan fingerprint density at radius 3 is 2.59 bits per heavy atom. The zero-order chi connectivity index (χ0) is 16.4. The number of esters is 1. The molecule has 0 amide bonds. The maximum Gasteiger partial charge on any atom is 0.338 e. The van der Waals surface area contributed by atoms with Gasteiger partial charge in [-0.3, -0.25) is 10.1 Å². The standard InChI is InChI=1S/C16H24N2O4/c1-3-4-5-6-13(2)17-11-12-22-16(19)14-7-9-15(10-8-14)18(20)21/h7-10,13,17H,3-6,11-12H2,1-2H3/t13-/m0/s1. The minimum atomic E-state index is -0.501. The highest BCUT2D eigenvalue weighted by molar-refractivity contribution is 5.89. The normalized spacial score (nSPS) is 11.9. The van der Waals surface area contributed by atoms with E-state index in [0.717, 1.165) is 6.42 Å². The molecule has 1 aromatic rings. The molecule has 0 saturated carbocycles. The summed E-state index contributed by atoms with van der Waals surface area (Å²) in [6.45, 7) is 5.18. The van der Waals surface area contributed by atoms with Crippen molar-refractivity contribution in [3.8, 4) is 0 Å². The number of nitrogens with one attached hydrogen (secondary N) is 1. The molecule has 1 N–H and O–H groups in total. The molecule has 22 heavy (non-hydrogen) atoms. The van der Waals surface area contributed by atoms with Crippen molar-refractivity contribution in [2.24, 2.45) is 0 Å². The average Bonchev–Trinajstić information content (AvgIpc) is 2.51. The Bertz CT molecular complexity index is 474. The zero-order valence-electron chi connectivity index (χ0n) is 13.2. The van der Waals surface area contributed by atoms with Crippen LogP contribution in [-0.2, 0) is 4.74 Å². The topological polar surface area (TPSA) is 81.5 Å². The smallest absolute Gasteiger partial charge is 0.338 e. The molecule has 0 unspecified atom stereocenters. The first-order valence-electron chi connectivity index (χ1n) is 7.69. The van der Waals surface area contributed by atoms with Crippen LogP contribution in [0.2, 0.25) is 0 Å². The third-order valence-corrected chi connectivity index (χ3v) is 3.38. The van der Waals surface area contributed by atoms with Gasteiger partial charge in [-0.2, -0.15) is 0 Å². The van der Waals surface area contributed by atoms with E-state index in [1.54, 1.807) is 0 Å². The van der Waals surface area contributed by atoms with Crippen molar-refractivity contribution in [1.29, 1.82) is 0 Å². The molecular formula is C16H24N2O4. The minimum absolute atomic E-state index is 0.0425. The molecule has 0 radical (unpaired) electrons. The van der Waals surface area contributed by atoms with Crippen LogP contribution in [0.3, 0.4) is 0 Å². The van der Waals surface area contributed by atoms with Crippen LogP contribution in [0.1, 0.15) is 49.9 Å². The summed E-state index contributed by atoms with van der Waals surface area (Å²) in [4.78, 5) is 21.8. The molecule has 0 aliphatic rings. The number of benzene rings is 1. The van der Waals surface area contributed by atoms with Crippen LogP contribution in [0, 0.1) is 10.1 Å². The molecular weight excluding hydrogens is 284 g/mol. The highest BCUT2D eigenvalue weighted by atomic mass is 16.6. The van der Waals surface area contributed by atoms with E-state index in [2.05, 4.69) is 19.2 Å². The van der Waals surface area contributed by atoms with Gasteiger partial charge in [0.15, 0.2) is 0 Å². The summed E-state index contributed by atoms with van der Waals surface area (Å²) in [5, 5.41) is 13.8. The number of unbranched alkanes of at least 4 members (excludes halogenated alkanes) is 2. The van der Waals surface area contributed by atoms with E-state index in [1.165, 1.54) is 43.5 Å². The number of rotatable bonds is 10. The van der Waals surface area contributed by atoms with Crippen molar-refractivity contribution in [1.82, 2.24) is 5.32 Å². The SMILES string of the molecule is CCCCC[C@H](C)NCCOC(=O)c1ccc([N+](=O)[O-])cc1. The molecule has 0 heterocycles. The Labute approximate surface area is 131 Å². The second kappa shape index (κ2) is 9.89. The van der Waals surface area contributed by atoms with Gasteiger partial charge in [-0.25, -0.2) is 4.79 Å². The Morgan fingerprint density at radius 2 is 2.00 bits per heavy atom. The molecule has 0 spiro atoms. The Kier molecular flexibility index (Phi) is 8.14. The molecule has 0 fully saturated rings. The van der Waals surface area contributed by atoms with Gasteiger partial charge in [-0.15, -0.1) is 0 Å². The second-order valence-electron chi connectivity index (χ2n) is 5.29. The number of carbonyl (C=O) groups is 1. The lowest BCUT2D eigenvalue weighted by Gasteiger charge is -2.13. The lowest BCUT2D eigenvalue weighted by molar-refractivity contribution is -0.384. The average molecular weight is 308 g/mol. The van der Waals surface area contributed by atoms with Crippen LogP contribution in [0.25, 0.3) is 0 Å².